The van der Waals surface area contributed by atoms with Crippen molar-refractivity contribution in [1.29, 1.82) is 0 Å². The summed E-state index contributed by atoms with van der Waals surface area (Å²) < 4.78 is 0. The number of aromatic amines is 1. The van der Waals surface area contributed by atoms with Gasteiger partial charge in [-0.2, -0.15) is 5.10 Å². The van der Waals surface area contributed by atoms with E-state index in [0.29, 0.717) is 5.56 Å². The molecule has 2 N–H and O–H groups in total. The second-order valence-corrected chi connectivity index (χ2v) is 4.19. The van der Waals surface area contributed by atoms with E-state index in [9.17, 15) is 4.79 Å². The molecule has 88 valence electrons. The number of hydrogen-bond donors (Lipinski definition) is 2. The van der Waals surface area contributed by atoms with Crippen LogP contribution in [0.25, 0.3) is 11.1 Å². The summed E-state index contributed by atoms with van der Waals surface area (Å²) in [6.45, 7) is 4.01. The summed E-state index contributed by atoms with van der Waals surface area (Å²) in [4.78, 5) is 11.1. The standard InChI is InChI=1S/C13H14N2O2/c1-8(2)11-10(9-6-4-3-5-7-9)12(13(16)17)15-14-11/h3-8H,1-2H3,(H,14,15)(H,16,17). The molecule has 17 heavy (non-hydrogen) atoms. The van der Waals surface area contributed by atoms with Crippen LogP contribution >= 0.6 is 0 Å². The maximum atomic E-state index is 11.1. The lowest BCUT2D eigenvalue weighted by molar-refractivity contribution is 0.0691. The number of nitrogens with one attached hydrogen (secondary N) is 1. The molecule has 2 aromatic rings. The number of benzene rings is 1. The monoisotopic (exact) mass is 230 g/mol. The van der Waals surface area contributed by atoms with Crippen molar-refractivity contribution in [2.75, 3.05) is 0 Å². The molecule has 1 heterocycles. The zero-order valence-corrected chi connectivity index (χ0v) is 9.77. The van der Waals surface area contributed by atoms with E-state index >= 15 is 0 Å². The molecule has 4 heteroatoms. The van der Waals surface area contributed by atoms with Crippen LogP contribution in [-0.2, 0) is 0 Å². The Labute approximate surface area is 99.3 Å². The highest BCUT2D eigenvalue weighted by atomic mass is 16.4. The number of aromatic nitrogens is 2. The van der Waals surface area contributed by atoms with Crippen LogP contribution in [0.2, 0.25) is 0 Å². The summed E-state index contributed by atoms with van der Waals surface area (Å²) in [7, 11) is 0. The number of nitrogens with zero attached hydrogens (tertiary/aromatic N) is 1. The van der Waals surface area contributed by atoms with Crippen molar-refractivity contribution in [3.8, 4) is 11.1 Å². The van der Waals surface area contributed by atoms with Gasteiger partial charge in [-0.1, -0.05) is 44.2 Å². The number of rotatable bonds is 3. The third-order valence-corrected chi connectivity index (χ3v) is 2.64. The maximum absolute atomic E-state index is 11.1. The van der Waals surface area contributed by atoms with Crippen molar-refractivity contribution in [1.82, 2.24) is 10.2 Å². The summed E-state index contributed by atoms with van der Waals surface area (Å²) in [5, 5.41) is 15.9. The van der Waals surface area contributed by atoms with Crippen LogP contribution in [0.15, 0.2) is 30.3 Å². The zero-order chi connectivity index (χ0) is 12.4. The summed E-state index contributed by atoms with van der Waals surface area (Å²) in [6, 6.07) is 9.46. The molecule has 0 amide bonds. The van der Waals surface area contributed by atoms with E-state index in [1.807, 2.05) is 44.2 Å². The lowest BCUT2D eigenvalue weighted by Gasteiger charge is -2.07. The molecule has 4 nitrogen and oxygen atoms in total. The van der Waals surface area contributed by atoms with Crippen LogP contribution in [0.5, 0.6) is 0 Å². The van der Waals surface area contributed by atoms with Crippen LogP contribution in [0.1, 0.15) is 35.9 Å². The minimum Gasteiger partial charge on any atom is -0.476 e. The quantitative estimate of drug-likeness (QED) is 0.852. The van der Waals surface area contributed by atoms with Gasteiger partial charge in [0.1, 0.15) is 0 Å². The van der Waals surface area contributed by atoms with Gasteiger partial charge in [0, 0.05) is 11.3 Å². The molecule has 0 saturated heterocycles. The Kier molecular flexibility index (Phi) is 2.95. The predicted molar refractivity (Wildman–Crippen MR) is 65.1 cm³/mol. The topological polar surface area (TPSA) is 66.0 Å². The van der Waals surface area contributed by atoms with Crippen molar-refractivity contribution >= 4 is 5.97 Å². The van der Waals surface area contributed by atoms with Crippen molar-refractivity contribution in [3.05, 3.63) is 41.7 Å². The summed E-state index contributed by atoms with van der Waals surface area (Å²) in [6.07, 6.45) is 0. The fourth-order valence-corrected chi connectivity index (χ4v) is 1.83. The Morgan fingerprint density at radius 2 is 1.94 bits per heavy atom. The second-order valence-electron chi connectivity index (χ2n) is 4.19. The highest BCUT2D eigenvalue weighted by Crippen LogP contribution is 2.30. The van der Waals surface area contributed by atoms with Crippen LogP contribution in [0, 0.1) is 0 Å². The Balaban J connectivity index is 2.65. The number of carboxylic acid groups (broad SMARTS) is 1. The van der Waals surface area contributed by atoms with E-state index in [0.717, 1.165) is 11.3 Å². The molecule has 0 fully saturated rings. The first-order valence-electron chi connectivity index (χ1n) is 5.48. The van der Waals surface area contributed by atoms with Gasteiger partial charge in [0.25, 0.3) is 0 Å². The van der Waals surface area contributed by atoms with E-state index < -0.39 is 5.97 Å². The Hall–Kier alpha value is -2.10. The van der Waals surface area contributed by atoms with Crippen LogP contribution in [0.4, 0.5) is 0 Å². The van der Waals surface area contributed by atoms with Gasteiger partial charge >= 0.3 is 5.97 Å². The normalized spacial score (nSPS) is 10.8. The zero-order valence-electron chi connectivity index (χ0n) is 9.77. The fourth-order valence-electron chi connectivity index (χ4n) is 1.83. The number of hydrogen-bond acceptors (Lipinski definition) is 2. The molecule has 0 aliphatic heterocycles. The minimum absolute atomic E-state index is 0.0832. The number of aromatic carboxylic acids is 1. The molecule has 0 bridgehead atoms. The SMILES string of the molecule is CC(C)c1[nH]nc(C(=O)O)c1-c1ccccc1. The lowest BCUT2D eigenvalue weighted by atomic mass is 9.97. The van der Waals surface area contributed by atoms with E-state index in [1.54, 1.807) is 0 Å². The molecule has 1 aromatic carbocycles. The number of H-pyrrole nitrogens is 1. The van der Waals surface area contributed by atoms with E-state index in [-0.39, 0.29) is 11.6 Å². The van der Waals surface area contributed by atoms with Crippen molar-refractivity contribution in [3.63, 3.8) is 0 Å². The molecule has 2 rings (SSSR count). The smallest absolute Gasteiger partial charge is 0.357 e. The Morgan fingerprint density at radius 1 is 1.29 bits per heavy atom. The predicted octanol–water partition coefficient (Wildman–Crippen LogP) is 2.90. The van der Waals surface area contributed by atoms with E-state index in [1.165, 1.54) is 0 Å². The molecule has 0 atom stereocenters. The van der Waals surface area contributed by atoms with Crippen LogP contribution in [-0.4, -0.2) is 21.3 Å². The van der Waals surface area contributed by atoms with Gasteiger partial charge in [-0.15, -0.1) is 0 Å². The molecule has 0 spiro atoms. The van der Waals surface area contributed by atoms with E-state index in [4.69, 9.17) is 5.11 Å². The van der Waals surface area contributed by atoms with Crippen LogP contribution in [0.3, 0.4) is 0 Å². The minimum atomic E-state index is -1.01. The van der Waals surface area contributed by atoms with Crippen molar-refractivity contribution in [2.24, 2.45) is 0 Å². The summed E-state index contributed by atoms with van der Waals surface area (Å²) >= 11 is 0. The van der Waals surface area contributed by atoms with Gasteiger partial charge in [-0.25, -0.2) is 4.79 Å². The molecule has 0 radical (unpaired) electrons. The fraction of sp³-hybridized carbons (Fsp3) is 0.231. The average molecular weight is 230 g/mol. The van der Waals surface area contributed by atoms with Gasteiger partial charge in [0.15, 0.2) is 5.69 Å². The van der Waals surface area contributed by atoms with Gasteiger partial charge in [-0.3, -0.25) is 5.10 Å². The third-order valence-electron chi connectivity index (χ3n) is 2.64. The van der Waals surface area contributed by atoms with E-state index in [2.05, 4.69) is 10.2 Å². The molecule has 0 saturated carbocycles. The Morgan fingerprint density at radius 3 is 2.47 bits per heavy atom. The molecule has 0 aliphatic rings. The van der Waals surface area contributed by atoms with Gasteiger partial charge in [-0.05, 0) is 11.5 Å². The second kappa shape index (κ2) is 4.41. The maximum Gasteiger partial charge on any atom is 0.357 e. The number of carboxylic acids is 1. The van der Waals surface area contributed by atoms with Crippen molar-refractivity contribution < 1.29 is 9.90 Å². The lowest BCUT2D eigenvalue weighted by Crippen LogP contribution is -2.00. The van der Waals surface area contributed by atoms with Gasteiger partial charge in [0.05, 0.1) is 0 Å². The molecule has 0 unspecified atom stereocenters. The molecule has 0 aliphatic carbocycles. The van der Waals surface area contributed by atoms with Crippen molar-refractivity contribution in [2.45, 2.75) is 19.8 Å². The first-order chi connectivity index (χ1) is 8.11. The molecular weight excluding hydrogens is 216 g/mol. The third kappa shape index (κ3) is 2.06. The van der Waals surface area contributed by atoms with Gasteiger partial charge in [0.2, 0.25) is 0 Å². The average Bonchev–Trinajstić information content (AvgIpc) is 2.74. The highest BCUT2D eigenvalue weighted by Gasteiger charge is 2.21. The van der Waals surface area contributed by atoms with Gasteiger partial charge < -0.3 is 5.11 Å². The highest BCUT2D eigenvalue weighted by molar-refractivity contribution is 5.94. The Bertz CT molecular complexity index is 530. The number of carbonyl (C=O) groups is 1. The largest absolute Gasteiger partial charge is 0.476 e. The molecular formula is C13H14N2O2. The molecule has 1 aromatic heterocycles. The summed E-state index contributed by atoms with van der Waals surface area (Å²) in [5.41, 5.74) is 2.50. The first kappa shape index (κ1) is 11.4. The summed E-state index contributed by atoms with van der Waals surface area (Å²) in [5.74, 6) is -0.808. The van der Waals surface area contributed by atoms with Crippen LogP contribution < -0.4 is 0 Å². The first-order valence-corrected chi connectivity index (χ1v) is 5.48.